The van der Waals surface area contributed by atoms with Crippen LogP contribution in [0.25, 0.3) is 11.4 Å². The van der Waals surface area contributed by atoms with E-state index in [4.69, 9.17) is 16.3 Å². The Hall–Kier alpha value is -1.68. The average molecular weight is 304 g/mol. The van der Waals surface area contributed by atoms with Crippen LogP contribution in [0.4, 0.5) is 0 Å². The van der Waals surface area contributed by atoms with Gasteiger partial charge in [0.15, 0.2) is 5.82 Å². The largest absolute Gasteiger partial charge is 0.463 e. The van der Waals surface area contributed by atoms with Gasteiger partial charge in [-0.25, -0.2) is 0 Å². The molecule has 1 saturated carbocycles. The summed E-state index contributed by atoms with van der Waals surface area (Å²) >= 11 is 5.95. The summed E-state index contributed by atoms with van der Waals surface area (Å²) in [7, 11) is 0. The number of benzene rings is 1. The van der Waals surface area contributed by atoms with Gasteiger partial charge in [-0.15, -0.1) is 0 Å². The summed E-state index contributed by atoms with van der Waals surface area (Å²) in [5.74, 6) is 1.28. The Morgan fingerprint density at radius 3 is 2.52 bits per heavy atom. The monoisotopic (exact) mass is 303 g/mol. The lowest BCUT2D eigenvalue weighted by molar-refractivity contribution is 0.291. The van der Waals surface area contributed by atoms with Crippen molar-refractivity contribution in [2.45, 2.75) is 38.5 Å². The molecule has 0 aliphatic heterocycles. The molecular formula is C16H18ClN3O. The van der Waals surface area contributed by atoms with Gasteiger partial charge in [0.1, 0.15) is 0 Å². The molecule has 21 heavy (non-hydrogen) atoms. The molecule has 0 spiro atoms. The fourth-order valence-corrected chi connectivity index (χ4v) is 2.52. The Morgan fingerprint density at radius 1 is 1.14 bits per heavy atom. The molecule has 2 aromatic rings. The zero-order valence-electron chi connectivity index (χ0n) is 12.1. The molecule has 0 bridgehead atoms. The van der Waals surface area contributed by atoms with E-state index in [0.717, 1.165) is 17.9 Å². The summed E-state index contributed by atoms with van der Waals surface area (Å²) in [4.78, 5) is 12.5. The second-order valence-electron chi connectivity index (χ2n) is 5.31. The van der Waals surface area contributed by atoms with Crippen LogP contribution >= 0.6 is 11.6 Å². The first-order chi connectivity index (χ1) is 10.3. The van der Waals surface area contributed by atoms with Gasteiger partial charge in [-0.05, 0) is 42.3 Å². The molecule has 0 atom stereocenters. The minimum absolute atomic E-state index is 0.161. The minimum Gasteiger partial charge on any atom is -0.463 e. The minimum atomic E-state index is 0.161. The van der Waals surface area contributed by atoms with Crippen molar-refractivity contribution in [1.29, 1.82) is 0 Å². The van der Waals surface area contributed by atoms with E-state index in [-0.39, 0.29) is 11.3 Å². The summed E-state index contributed by atoms with van der Waals surface area (Å²) in [6.07, 6.45) is 4.83. The molecule has 3 rings (SSSR count). The van der Waals surface area contributed by atoms with Crippen molar-refractivity contribution >= 4 is 11.6 Å². The van der Waals surface area contributed by atoms with Crippen molar-refractivity contribution in [3.05, 3.63) is 35.1 Å². The summed E-state index contributed by atoms with van der Waals surface area (Å²) < 4.78 is 5.44. The van der Waals surface area contributed by atoms with Gasteiger partial charge in [-0.3, -0.25) is 0 Å². The normalized spacial score (nSPS) is 14.8. The molecule has 1 heterocycles. The van der Waals surface area contributed by atoms with Gasteiger partial charge in [-0.2, -0.15) is 15.0 Å². The fourth-order valence-electron chi connectivity index (χ4n) is 2.36. The lowest BCUT2D eigenvalue weighted by Crippen LogP contribution is -2.08. The maximum absolute atomic E-state index is 5.95. The molecule has 110 valence electrons. The van der Waals surface area contributed by atoms with Crippen LogP contribution in [0.15, 0.2) is 24.3 Å². The molecule has 1 aliphatic carbocycles. The molecule has 1 aliphatic rings. The van der Waals surface area contributed by atoms with E-state index >= 15 is 0 Å². The Labute approximate surface area is 129 Å². The van der Waals surface area contributed by atoms with Gasteiger partial charge in [0, 0.05) is 5.56 Å². The maximum Gasteiger partial charge on any atom is 0.321 e. The fraction of sp³-hybridized carbons (Fsp3) is 0.438. The van der Waals surface area contributed by atoms with Crippen molar-refractivity contribution in [3.8, 4) is 17.4 Å². The number of hydrogen-bond acceptors (Lipinski definition) is 4. The molecule has 0 saturated heterocycles. The van der Waals surface area contributed by atoms with Crippen LogP contribution in [0.3, 0.4) is 0 Å². The zero-order valence-corrected chi connectivity index (χ0v) is 12.8. The SMILES string of the molecule is CCCOc1nc(Cl)nc(-c2ccc(C3CCC3)cc2)n1. The molecular weight excluding hydrogens is 286 g/mol. The first-order valence-electron chi connectivity index (χ1n) is 7.41. The van der Waals surface area contributed by atoms with E-state index in [2.05, 4.69) is 27.1 Å². The standard InChI is InChI=1S/C16H18ClN3O/c1-2-10-21-16-19-14(18-15(17)20-16)13-8-6-12(7-9-13)11-4-3-5-11/h6-9,11H,2-5,10H2,1H3. The first-order valence-corrected chi connectivity index (χ1v) is 7.79. The summed E-state index contributed by atoms with van der Waals surface area (Å²) in [6.45, 7) is 2.60. The summed E-state index contributed by atoms with van der Waals surface area (Å²) in [5, 5.41) is 0.161. The first kappa shape index (κ1) is 14.3. The van der Waals surface area contributed by atoms with E-state index in [1.807, 2.05) is 19.1 Å². The molecule has 0 radical (unpaired) electrons. The van der Waals surface area contributed by atoms with Gasteiger partial charge in [0.05, 0.1) is 6.61 Å². The second-order valence-corrected chi connectivity index (χ2v) is 5.65. The predicted molar refractivity (Wildman–Crippen MR) is 82.7 cm³/mol. The Kier molecular flexibility index (Phi) is 4.34. The highest BCUT2D eigenvalue weighted by Crippen LogP contribution is 2.36. The van der Waals surface area contributed by atoms with Crippen LogP contribution < -0.4 is 4.74 Å². The van der Waals surface area contributed by atoms with Crippen LogP contribution in [0.2, 0.25) is 5.28 Å². The van der Waals surface area contributed by atoms with Gasteiger partial charge in [0.2, 0.25) is 5.28 Å². The van der Waals surface area contributed by atoms with Crippen molar-refractivity contribution in [1.82, 2.24) is 15.0 Å². The molecule has 0 amide bonds. The third-order valence-electron chi connectivity index (χ3n) is 3.77. The molecule has 0 N–H and O–H groups in total. The highest BCUT2D eigenvalue weighted by Gasteiger charge is 2.19. The topological polar surface area (TPSA) is 47.9 Å². The third-order valence-corrected chi connectivity index (χ3v) is 3.94. The lowest BCUT2D eigenvalue weighted by atomic mass is 9.80. The Balaban J connectivity index is 1.83. The second kappa shape index (κ2) is 6.39. The van der Waals surface area contributed by atoms with Crippen molar-refractivity contribution in [3.63, 3.8) is 0 Å². The zero-order chi connectivity index (χ0) is 14.7. The Morgan fingerprint density at radius 2 is 1.90 bits per heavy atom. The van der Waals surface area contributed by atoms with Crippen LogP contribution in [0.1, 0.15) is 44.1 Å². The maximum atomic E-state index is 5.95. The highest BCUT2D eigenvalue weighted by atomic mass is 35.5. The summed E-state index contributed by atoms with van der Waals surface area (Å²) in [5.41, 5.74) is 2.33. The highest BCUT2D eigenvalue weighted by molar-refractivity contribution is 6.28. The number of aromatic nitrogens is 3. The molecule has 4 nitrogen and oxygen atoms in total. The van der Waals surface area contributed by atoms with Crippen molar-refractivity contribution in [2.24, 2.45) is 0 Å². The number of rotatable bonds is 5. The van der Waals surface area contributed by atoms with Crippen molar-refractivity contribution in [2.75, 3.05) is 6.61 Å². The summed E-state index contributed by atoms with van der Waals surface area (Å²) in [6, 6.07) is 8.69. The lowest BCUT2D eigenvalue weighted by Gasteiger charge is -2.25. The smallest absolute Gasteiger partial charge is 0.321 e. The van der Waals surface area contributed by atoms with E-state index in [1.54, 1.807) is 0 Å². The van der Waals surface area contributed by atoms with Gasteiger partial charge in [0.25, 0.3) is 0 Å². The van der Waals surface area contributed by atoms with Gasteiger partial charge in [-0.1, -0.05) is 37.6 Å². The van der Waals surface area contributed by atoms with Gasteiger partial charge >= 0.3 is 6.01 Å². The molecule has 1 aromatic heterocycles. The molecule has 0 unspecified atom stereocenters. The third kappa shape index (κ3) is 3.32. The van der Waals surface area contributed by atoms with Crippen LogP contribution in [0, 0.1) is 0 Å². The van der Waals surface area contributed by atoms with E-state index < -0.39 is 0 Å². The molecule has 5 heteroatoms. The number of nitrogens with zero attached hydrogens (tertiary/aromatic N) is 3. The average Bonchev–Trinajstić information content (AvgIpc) is 2.43. The van der Waals surface area contributed by atoms with Gasteiger partial charge < -0.3 is 4.74 Å². The van der Waals surface area contributed by atoms with E-state index in [1.165, 1.54) is 24.8 Å². The quantitative estimate of drug-likeness (QED) is 0.828. The molecule has 1 fully saturated rings. The van der Waals surface area contributed by atoms with Crippen LogP contribution in [-0.2, 0) is 0 Å². The van der Waals surface area contributed by atoms with Crippen molar-refractivity contribution < 1.29 is 4.74 Å². The number of hydrogen-bond donors (Lipinski definition) is 0. The number of halogens is 1. The van der Waals surface area contributed by atoms with Crippen LogP contribution in [-0.4, -0.2) is 21.6 Å². The Bertz CT molecular complexity index is 611. The van der Waals surface area contributed by atoms with Crippen LogP contribution in [0.5, 0.6) is 6.01 Å². The van der Waals surface area contributed by atoms with E-state index in [0.29, 0.717) is 12.4 Å². The predicted octanol–water partition coefficient (Wildman–Crippen LogP) is 4.25. The molecule has 1 aromatic carbocycles. The number of ether oxygens (including phenoxy) is 1. The van der Waals surface area contributed by atoms with E-state index in [9.17, 15) is 0 Å².